The smallest absolute Gasteiger partial charge is 0.309 e. The summed E-state index contributed by atoms with van der Waals surface area (Å²) < 4.78 is 7.06. The molecule has 2 rings (SSSR count). The van der Waals surface area contributed by atoms with Crippen LogP contribution >= 0.6 is 0 Å². The quantitative estimate of drug-likeness (QED) is 0.587. The second kappa shape index (κ2) is 5.45. The minimum absolute atomic E-state index is 0.0880. The number of nitro groups is 1. The summed E-state index contributed by atoms with van der Waals surface area (Å²) in [6.07, 6.45) is 1.32. The Labute approximate surface area is 105 Å². The van der Waals surface area contributed by atoms with E-state index in [0.717, 1.165) is 26.3 Å². The van der Waals surface area contributed by atoms with Gasteiger partial charge in [-0.3, -0.25) is 19.7 Å². The van der Waals surface area contributed by atoms with E-state index < -0.39 is 4.92 Å². The van der Waals surface area contributed by atoms with Gasteiger partial charge < -0.3 is 4.74 Å². The van der Waals surface area contributed by atoms with Crippen LogP contribution in [0.4, 0.5) is 5.69 Å². The van der Waals surface area contributed by atoms with Gasteiger partial charge in [0, 0.05) is 19.1 Å². The molecule has 0 unspecified atom stereocenters. The molecule has 7 heteroatoms. The van der Waals surface area contributed by atoms with Crippen molar-refractivity contribution in [2.75, 3.05) is 26.3 Å². The maximum atomic E-state index is 10.7. The van der Waals surface area contributed by atoms with Crippen LogP contribution in [0, 0.1) is 17.0 Å². The van der Waals surface area contributed by atoms with Gasteiger partial charge in [0.25, 0.3) is 0 Å². The van der Waals surface area contributed by atoms with Gasteiger partial charge in [-0.1, -0.05) is 0 Å². The van der Waals surface area contributed by atoms with E-state index in [0.29, 0.717) is 18.3 Å². The molecule has 0 spiro atoms. The predicted molar refractivity (Wildman–Crippen MR) is 65.5 cm³/mol. The van der Waals surface area contributed by atoms with Crippen LogP contribution in [0.25, 0.3) is 0 Å². The number of nitrogens with zero attached hydrogens (tertiary/aromatic N) is 4. The molecule has 0 bridgehead atoms. The minimum atomic E-state index is -0.393. The molecular weight excluding hydrogens is 236 g/mol. The topological polar surface area (TPSA) is 73.4 Å². The molecule has 2 heterocycles. The Morgan fingerprint density at radius 3 is 3.00 bits per heavy atom. The van der Waals surface area contributed by atoms with Crippen LogP contribution in [0.5, 0.6) is 0 Å². The van der Waals surface area contributed by atoms with Crippen molar-refractivity contribution in [2.45, 2.75) is 26.4 Å². The fourth-order valence-electron chi connectivity index (χ4n) is 2.16. The normalized spacial score (nSPS) is 21.1. The number of morpholine rings is 1. The molecule has 1 aromatic rings. The van der Waals surface area contributed by atoms with Gasteiger partial charge in [0.1, 0.15) is 11.9 Å². The molecule has 0 aromatic carbocycles. The Morgan fingerprint density at radius 2 is 2.39 bits per heavy atom. The van der Waals surface area contributed by atoms with E-state index in [2.05, 4.69) is 16.9 Å². The average Bonchev–Trinajstić information content (AvgIpc) is 2.70. The summed E-state index contributed by atoms with van der Waals surface area (Å²) in [6.45, 7) is 7.77. The largest absolute Gasteiger partial charge is 0.379 e. The van der Waals surface area contributed by atoms with Gasteiger partial charge in [-0.25, -0.2) is 0 Å². The van der Waals surface area contributed by atoms with E-state index in [1.807, 2.05) is 0 Å². The highest BCUT2D eigenvalue weighted by atomic mass is 16.6. The molecule has 18 heavy (non-hydrogen) atoms. The van der Waals surface area contributed by atoms with Crippen molar-refractivity contribution >= 4 is 5.69 Å². The summed E-state index contributed by atoms with van der Waals surface area (Å²) in [5, 5.41) is 14.8. The van der Waals surface area contributed by atoms with Crippen molar-refractivity contribution in [3.05, 3.63) is 22.0 Å². The lowest BCUT2D eigenvalue weighted by Crippen LogP contribution is -2.45. The Morgan fingerprint density at radius 1 is 1.61 bits per heavy atom. The second-order valence-electron chi connectivity index (χ2n) is 4.56. The molecule has 0 aliphatic carbocycles. The zero-order valence-electron chi connectivity index (χ0n) is 10.7. The Balaban J connectivity index is 1.95. The summed E-state index contributed by atoms with van der Waals surface area (Å²) in [4.78, 5) is 12.6. The van der Waals surface area contributed by atoms with Crippen LogP contribution in [-0.4, -0.2) is 51.9 Å². The molecule has 1 aliphatic heterocycles. The molecule has 1 aromatic heterocycles. The van der Waals surface area contributed by atoms with Crippen molar-refractivity contribution in [3.63, 3.8) is 0 Å². The van der Waals surface area contributed by atoms with Gasteiger partial charge in [-0.2, -0.15) is 5.10 Å². The second-order valence-corrected chi connectivity index (χ2v) is 4.56. The first-order valence-corrected chi connectivity index (χ1v) is 6.08. The minimum Gasteiger partial charge on any atom is -0.379 e. The van der Waals surface area contributed by atoms with E-state index in [9.17, 15) is 10.1 Å². The summed E-state index contributed by atoms with van der Waals surface area (Å²) >= 11 is 0. The van der Waals surface area contributed by atoms with Gasteiger partial charge in [-0.05, 0) is 13.8 Å². The fraction of sp³-hybridized carbons (Fsp3) is 0.727. The van der Waals surface area contributed by atoms with Gasteiger partial charge in [-0.15, -0.1) is 0 Å². The summed E-state index contributed by atoms with van der Waals surface area (Å²) in [5.41, 5.74) is 0.700. The third kappa shape index (κ3) is 2.68. The SMILES string of the molecule is Cc1c([N+](=O)[O-])cnn1CCN1CCOC[C@H]1C. The third-order valence-electron chi connectivity index (χ3n) is 3.38. The number of hydrogen-bond acceptors (Lipinski definition) is 5. The van der Waals surface area contributed by atoms with Crippen molar-refractivity contribution in [3.8, 4) is 0 Å². The summed E-state index contributed by atoms with van der Waals surface area (Å²) in [5.74, 6) is 0. The molecule has 1 saturated heterocycles. The number of rotatable bonds is 4. The van der Waals surface area contributed by atoms with Crippen molar-refractivity contribution in [1.29, 1.82) is 0 Å². The standard InChI is InChI=1S/C11H18N4O3/c1-9-8-18-6-5-13(9)3-4-14-10(2)11(7-12-14)15(16)17/h7,9H,3-6,8H2,1-2H3/t9-/m1/s1. The van der Waals surface area contributed by atoms with Crippen LogP contribution < -0.4 is 0 Å². The molecule has 0 N–H and O–H groups in total. The highest BCUT2D eigenvalue weighted by Crippen LogP contribution is 2.16. The Bertz CT molecular complexity index is 432. The predicted octanol–water partition coefficient (Wildman–Crippen LogP) is 0.820. The third-order valence-corrected chi connectivity index (χ3v) is 3.38. The van der Waals surface area contributed by atoms with E-state index in [1.165, 1.54) is 6.20 Å². The van der Waals surface area contributed by atoms with E-state index in [-0.39, 0.29) is 5.69 Å². The van der Waals surface area contributed by atoms with Crippen LogP contribution in [0.15, 0.2) is 6.20 Å². The molecule has 100 valence electrons. The number of ether oxygens (including phenoxy) is 1. The molecule has 0 amide bonds. The molecule has 0 saturated carbocycles. The van der Waals surface area contributed by atoms with Crippen LogP contribution in [-0.2, 0) is 11.3 Å². The molecule has 0 radical (unpaired) electrons. The van der Waals surface area contributed by atoms with Crippen LogP contribution in [0.3, 0.4) is 0 Å². The van der Waals surface area contributed by atoms with Gasteiger partial charge in [0.05, 0.1) is 24.7 Å². The van der Waals surface area contributed by atoms with E-state index >= 15 is 0 Å². The molecular formula is C11H18N4O3. The molecule has 1 atom stereocenters. The first kappa shape index (κ1) is 13.0. The summed E-state index contributed by atoms with van der Waals surface area (Å²) in [7, 11) is 0. The zero-order chi connectivity index (χ0) is 13.1. The first-order valence-electron chi connectivity index (χ1n) is 6.08. The number of hydrogen-bond donors (Lipinski definition) is 0. The molecule has 7 nitrogen and oxygen atoms in total. The van der Waals surface area contributed by atoms with E-state index in [4.69, 9.17) is 4.74 Å². The van der Waals surface area contributed by atoms with Gasteiger partial charge in [0.2, 0.25) is 0 Å². The van der Waals surface area contributed by atoms with Crippen molar-refractivity contribution in [2.24, 2.45) is 0 Å². The van der Waals surface area contributed by atoms with Crippen LogP contribution in [0.1, 0.15) is 12.6 Å². The highest BCUT2D eigenvalue weighted by Gasteiger charge is 2.20. The van der Waals surface area contributed by atoms with E-state index in [1.54, 1.807) is 11.6 Å². The van der Waals surface area contributed by atoms with Gasteiger partial charge >= 0.3 is 5.69 Å². The van der Waals surface area contributed by atoms with Crippen LogP contribution in [0.2, 0.25) is 0 Å². The monoisotopic (exact) mass is 254 g/mol. The Kier molecular flexibility index (Phi) is 3.93. The average molecular weight is 254 g/mol. The first-order chi connectivity index (χ1) is 8.59. The summed E-state index contributed by atoms with van der Waals surface area (Å²) in [6, 6.07) is 0.393. The fourth-order valence-corrected chi connectivity index (χ4v) is 2.16. The maximum absolute atomic E-state index is 10.7. The number of aromatic nitrogens is 2. The zero-order valence-corrected chi connectivity index (χ0v) is 10.7. The molecule has 1 fully saturated rings. The highest BCUT2D eigenvalue weighted by molar-refractivity contribution is 5.31. The Hall–Kier alpha value is -1.47. The lowest BCUT2D eigenvalue weighted by molar-refractivity contribution is -0.385. The van der Waals surface area contributed by atoms with Crippen molar-refractivity contribution < 1.29 is 9.66 Å². The lowest BCUT2D eigenvalue weighted by Gasteiger charge is -2.33. The maximum Gasteiger partial charge on any atom is 0.309 e. The van der Waals surface area contributed by atoms with Gasteiger partial charge in [0.15, 0.2) is 0 Å². The lowest BCUT2D eigenvalue weighted by atomic mass is 10.2. The van der Waals surface area contributed by atoms with Crippen molar-refractivity contribution in [1.82, 2.24) is 14.7 Å². The molecule has 1 aliphatic rings.